The summed E-state index contributed by atoms with van der Waals surface area (Å²) in [6.07, 6.45) is 0. The van der Waals surface area contributed by atoms with Gasteiger partial charge in [-0.3, -0.25) is 0 Å². The Morgan fingerprint density at radius 1 is 1.42 bits per heavy atom. The van der Waals surface area contributed by atoms with Crippen LogP contribution in [0, 0.1) is 6.92 Å². The van der Waals surface area contributed by atoms with E-state index in [4.69, 9.17) is 10.3 Å². The van der Waals surface area contributed by atoms with Crippen molar-refractivity contribution >= 4 is 15.9 Å². The maximum atomic E-state index is 6.02. The van der Waals surface area contributed by atoms with E-state index >= 15 is 0 Å². The Balaban J connectivity index is 2.25. The predicted molar refractivity (Wildman–Crippen MR) is 77.7 cm³/mol. The van der Waals surface area contributed by atoms with Gasteiger partial charge in [-0.2, -0.15) is 4.98 Å². The molecule has 0 aliphatic rings. The quantitative estimate of drug-likeness (QED) is 0.935. The van der Waals surface area contributed by atoms with E-state index in [1.165, 1.54) is 0 Å². The van der Waals surface area contributed by atoms with Crippen molar-refractivity contribution in [1.82, 2.24) is 15.0 Å². The molecule has 0 radical (unpaired) electrons. The lowest BCUT2D eigenvalue weighted by molar-refractivity contribution is 0.357. The van der Waals surface area contributed by atoms with Crippen molar-refractivity contribution < 1.29 is 4.52 Å². The van der Waals surface area contributed by atoms with Gasteiger partial charge in [0.2, 0.25) is 0 Å². The fourth-order valence-electron chi connectivity index (χ4n) is 1.84. The van der Waals surface area contributed by atoms with E-state index in [0.717, 1.165) is 15.6 Å². The molecule has 102 valence electrons. The van der Waals surface area contributed by atoms with Gasteiger partial charge in [-0.05, 0) is 44.8 Å². The number of nitrogens with two attached hydrogens (primary N) is 1. The number of nitrogens with zero attached hydrogens (tertiary/aromatic N) is 3. The molecule has 2 rings (SSSR count). The zero-order chi connectivity index (χ0) is 14.0. The van der Waals surface area contributed by atoms with E-state index in [9.17, 15) is 0 Å². The van der Waals surface area contributed by atoms with Crippen LogP contribution in [0.3, 0.4) is 0 Å². The lowest BCUT2D eigenvalue weighted by Crippen LogP contribution is -2.26. The van der Waals surface area contributed by atoms with Crippen molar-refractivity contribution in [2.45, 2.75) is 13.0 Å². The van der Waals surface area contributed by atoms with Gasteiger partial charge in [-0.15, -0.1) is 0 Å². The van der Waals surface area contributed by atoms with E-state index in [1.807, 2.05) is 44.1 Å². The summed E-state index contributed by atoms with van der Waals surface area (Å²) in [4.78, 5) is 6.37. The Hall–Kier alpha value is -1.24. The highest BCUT2D eigenvalue weighted by atomic mass is 79.9. The molecule has 19 heavy (non-hydrogen) atoms. The van der Waals surface area contributed by atoms with Crippen LogP contribution in [0.5, 0.6) is 0 Å². The van der Waals surface area contributed by atoms with Crippen LogP contribution in [0.1, 0.15) is 17.4 Å². The van der Waals surface area contributed by atoms with E-state index in [2.05, 4.69) is 26.1 Å². The van der Waals surface area contributed by atoms with Crippen molar-refractivity contribution in [3.8, 4) is 11.5 Å². The lowest BCUT2D eigenvalue weighted by atomic mass is 10.1. The second-order valence-electron chi connectivity index (χ2n) is 4.79. The second kappa shape index (κ2) is 5.81. The first-order valence-corrected chi connectivity index (χ1v) is 6.77. The summed E-state index contributed by atoms with van der Waals surface area (Å²) in [7, 11) is 3.92. The largest absolute Gasteiger partial charge is 0.334 e. The highest BCUT2D eigenvalue weighted by Crippen LogP contribution is 2.25. The highest BCUT2D eigenvalue weighted by molar-refractivity contribution is 9.10. The normalized spacial score (nSPS) is 12.9. The summed E-state index contributed by atoms with van der Waals surface area (Å²) >= 11 is 3.43. The van der Waals surface area contributed by atoms with Crippen LogP contribution >= 0.6 is 15.9 Å². The maximum absolute atomic E-state index is 6.02. The van der Waals surface area contributed by atoms with Crippen molar-refractivity contribution in [3.63, 3.8) is 0 Å². The second-order valence-corrected chi connectivity index (χ2v) is 5.70. The number of likely N-dealkylation sites (N-methyl/N-ethyl adjacent to an activating group) is 1. The highest BCUT2D eigenvalue weighted by Gasteiger charge is 2.17. The van der Waals surface area contributed by atoms with Gasteiger partial charge in [0.05, 0.1) is 6.04 Å². The molecule has 0 fully saturated rings. The molecule has 1 aromatic carbocycles. The van der Waals surface area contributed by atoms with E-state index in [0.29, 0.717) is 18.3 Å². The van der Waals surface area contributed by atoms with Gasteiger partial charge in [0.25, 0.3) is 5.89 Å². The van der Waals surface area contributed by atoms with Crippen molar-refractivity contribution in [1.29, 1.82) is 0 Å². The molecule has 0 saturated carbocycles. The molecule has 5 nitrogen and oxygen atoms in total. The van der Waals surface area contributed by atoms with Crippen LogP contribution in [-0.4, -0.2) is 35.7 Å². The van der Waals surface area contributed by atoms with Crippen LogP contribution in [0.15, 0.2) is 27.2 Å². The molecule has 0 saturated heterocycles. The molecule has 0 bridgehead atoms. The summed E-state index contributed by atoms with van der Waals surface area (Å²) in [5.74, 6) is 1.04. The Bertz CT molecular complexity index is 568. The standard InChI is InChI=1S/C13H17BrN4O/c1-8-6-9(14)4-5-10(8)13-16-12(17-19-13)11(15)7-18(2)3/h4-6,11H,7,15H2,1-3H3. The van der Waals surface area contributed by atoms with Gasteiger partial charge in [-0.1, -0.05) is 21.1 Å². The molecule has 2 aromatic rings. The number of aromatic nitrogens is 2. The average molecular weight is 325 g/mol. The third-order valence-electron chi connectivity index (χ3n) is 2.75. The van der Waals surface area contributed by atoms with Crippen LogP contribution in [0.2, 0.25) is 0 Å². The first-order valence-electron chi connectivity index (χ1n) is 5.98. The number of hydrogen-bond donors (Lipinski definition) is 1. The SMILES string of the molecule is Cc1cc(Br)ccc1-c1nc(C(N)CN(C)C)no1. The van der Waals surface area contributed by atoms with Gasteiger partial charge in [0, 0.05) is 16.6 Å². The zero-order valence-corrected chi connectivity index (χ0v) is 12.8. The number of hydrogen-bond acceptors (Lipinski definition) is 5. The summed E-state index contributed by atoms with van der Waals surface area (Å²) in [6.45, 7) is 2.68. The summed E-state index contributed by atoms with van der Waals surface area (Å²) < 4.78 is 6.32. The van der Waals surface area contributed by atoms with Crippen LogP contribution in [0.4, 0.5) is 0 Å². The lowest BCUT2D eigenvalue weighted by Gasteiger charge is -2.12. The van der Waals surface area contributed by atoms with Gasteiger partial charge in [0.15, 0.2) is 5.82 Å². The summed E-state index contributed by atoms with van der Waals surface area (Å²) in [6, 6.07) is 5.67. The molecule has 6 heteroatoms. The monoisotopic (exact) mass is 324 g/mol. The Morgan fingerprint density at radius 2 is 2.16 bits per heavy atom. The molecule has 1 atom stereocenters. The molecule has 0 aliphatic heterocycles. The molecule has 1 heterocycles. The minimum Gasteiger partial charge on any atom is -0.334 e. The molecule has 2 N–H and O–H groups in total. The Labute approximate surface area is 120 Å². The smallest absolute Gasteiger partial charge is 0.258 e. The molecule has 1 unspecified atom stereocenters. The molecule has 0 aliphatic carbocycles. The Kier molecular flexibility index (Phi) is 4.34. The van der Waals surface area contributed by atoms with Gasteiger partial charge < -0.3 is 15.2 Å². The number of aryl methyl sites for hydroxylation is 1. The Morgan fingerprint density at radius 3 is 2.79 bits per heavy atom. The molecular weight excluding hydrogens is 308 g/mol. The number of halogens is 1. The predicted octanol–water partition coefficient (Wildman–Crippen LogP) is 2.37. The molecule has 1 aromatic heterocycles. The fourth-order valence-corrected chi connectivity index (χ4v) is 2.31. The maximum Gasteiger partial charge on any atom is 0.258 e. The van der Waals surface area contributed by atoms with Crippen LogP contribution < -0.4 is 5.73 Å². The van der Waals surface area contributed by atoms with Crippen molar-refractivity contribution in [2.24, 2.45) is 5.73 Å². The summed E-state index contributed by atoms with van der Waals surface area (Å²) in [5.41, 5.74) is 8.02. The zero-order valence-electron chi connectivity index (χ0n) is 11.2. The molecule has 0 amide bonds. The van der Waals surface area contributed by atoms with Crippen molar-refractivity contribution in [3.05, 3.63) is 34.1 Å². The van der Waals surface area contributed by atoms with Gasteiger partial charge >= 0.3 is 0 Å². The van der Waals surface area contributed by atoms with Gasteiger partial charge in [0.1, 0.15) is 0 Å². The van der Waals surface area contributed by atoms with E-state index in [1.54, 1.807) is 0 Å². The topological polar surface area (TPSA) is 68.2 Å². The van der Waals surface area contributed by atoms with Crippen LogP contribution in [0.25, 0.3) is 11.5 Å². The molecular formula is C13H17BrN4O. The minimum atomic E-state index is -0.247. The van der Waals surface area contributed by atoms with Crippen molar-refractivity contribution in [2.75, 3.05) is 20.6 Å². The minimum absolute atomic E-state index is 0.247. The third kappa shape index (κ3) is 3.40. The summed E-state index contributed by atoms with van der Waals surface area (Å²) in [5, 5.41) is 3.96. The molecule has 0 spiro atoms. The fraction of sp³-hybridized carbons (Fsp3) is 0.385. The first-order chi connectivity index (χ1) is 8.97. The van der Waals surface area contributed by atoms with E-state index in [-0.39, 0.29) is 6.04 Å². The number of benzene rings is 1. The van der Waals surface area contributed by atoms with Gasteiger partial charge in [-0.25, -0.2) is 0 Å². The number of rotatable bonds is 4. The van der Waals surface area contributed by atoms with Crippen LogP contribution in [-0.2, 0) is 0 Å². The first kappa shape index (κ1) is 14.2. The third-order valence-corrected chi connectivity index (χ3v) is 3.25. The van der Waals surface area contributed by atoms with E-state index < -0.39 is 0 Å². The average Bonchev–Trinajstić information content (AvgIpc) is 2.77.